The first-order chi connectivity index (χ1) is 41.3. The maximum atomic E-state index is 14.5. The van der Waals surface area contributed by atoms with Crippen LogP contribution in [0.2, 0.25) is 0 Å². The van der Waals surface area contributed by atoms with Gasteiger partial charge in [-0.05, 0) is 142 Å². The largest absolute Gasteiger partial charge is 0.394 e. The number of guanidine groups is 1. The summed E-state index contributed by atoms with van der Waals surface area (Å²) in [5.41, 5.74) is 50.9. The molecule has 28 N–H and O–H groups in total. The summed E-state index contributed by atoms with van der Waals surface area (Å²) in [4.78, 5) is 153. The lowest BCUT2D eigenvalue weighted by Gasteiger charge is -2.28. The summed E-state index contributed by atoms with van der Waals surface area (Å²) >= 11 is 0. The van der Waals surface area contributed by atoms with E-state index >= 15 is 0 Å². The monoisotopic (exact) mass is 1220 g/mol. The number of aliphatic hydroxyl groups is 1. The minimum atomic E-state index is -1.59. The number of carbonyl (C=O) groups is 10. The first-order valence-corrected chi connectivity index (χ1v) is 29.4. The zero-order chi connectivity index (χ0) is 63.8. The number of nitrogens with zero attached hydrogens (tertiary/aromatic N) is 4. The Morgan fingerprint density at radius 3 is 1.85 bits per heavy atom. The number of aromatic amines is 1. The summed E-state index contributed by atoms with van der Waals surface area (Å²) in [6.45, 7) is 0.172. The van der Waals surface area contributed by atoms with Crippen molar-refractivity contribution in [1.82, 2.24) is 57.4 Å². The average molecular weight is 1220 g/mol. The molecular weight excluding hydrogens is 1120 g/mol. The average Bonchev–Trinajstić information content (AvgIpc) is 3.06. The predicted octanol–water partition coefficient (Wildman–Crippen LogP) is -7.24. The second-order valence-electron chi connectivity index (χ2n) is 20.5. The Balaban J connectivity index is 2.38. The Kier molecular flexibility index (Phi) is 37.4. The topological polar surface area (TPSA) is 578 Å². The third-order valence-corrected chi connectivity index (χ3v) is 13.5. The normalized spacial score (nSPS) is 15.4. The summed E-state index contributed by atoms with van der Waals surface area (Å²) in [6.07, 6.45) is 9.44. The van der Waals surface area contributed by atoms with Gasteiger partial charge in [0.25, 0.3) is 17.7 Å². The van der Waals surface area contributed by atoms with Crippen LogP contribution in [0.1, 0.15) is 115 Å². The molecular formula is C53H96N22O11. The van der Waals surface area contributed by atoms with Crippen LogP contribution in [-0.4, -0.2) is 205 Å². The second-order valence-corrected chi connectivity index (χ2v) is 20.5. The minimum Gasteiger partial charge on any atom is -0.394 e. The number of hydrogen-bond acceptors (Lipinski definition) is 20. The van der Waals surface area contributed by atoms with E-state index in [2.05, 4.69) is 62.5 Å². The van der Waals surface area contributed by atoms with Gasteiger partial charge < -0.3 is 109 Å². The van der Waals surface area contributed by atoms with Crippen molar-refractivity contribution in [3.05, 3.63) is 30.0 Å². The van der Waals surface area contributed by atoms with Gasteiger partial charge in [0.15, 0.2) is 5.96 Å². The molecule has 1 aromatic heterocycles. The summed E-state index contributed by atoms with van der Waals surface area (Å²) in [6, 6.07) is -8.68. The molecule has 86 heavy (non-hydrogen) atoms. The molecule has 1 fully saturated rings. The number of amides is 10. The minimum absolute atomic E-state index is 0.0232. The number of aromatic nitrogens is 2. The molecule has 0 unspecified atom stereocenters. The van der Waals surface area contributed by atoms with Gasteiger partial charge in [-0.3, -0.25) is 52.9 Å². The van der Waals surface area contributed by atoms with Crippen LogP contribution >= 0.6 is 0 Å². The van der Waals surface area contributed by atoms with Crippen molar-refractivity contribution < 1.29 is 53.1 Å². The predicted molar refractivity (Wildman–Crippen MR) is 321 cm³/mol. The molecule has 0 radical (unpaired) electrons. The molecule has 1 aromatic rings. The van der Waals surface area contributed by atoms with Gasteiger partial charge in [-0.15, -0.1) is 0 Å². The Morgan fingerprint density at radius 1 is 0.663 bits per heavy atom. The van der Waals surface area contributed by atoms with Crippen LogP contribution in [0.3, 0.4) is 0 Å². The van der Waals surface area contributed by atoms with E-state index in [9.17, 15) is 53.1 Å². The van der Waals surface area contributed by atoms with Crippen molar-refractivity contribution in [1.29, 1.82) is 0 Å². The van der Waals surface area contributed by atoms with E-state index in [4.69, 9.17) is 51.6 Å². The van der Waals surface area contributed by atoms with Gasteiger partial charge in [0, 0.05) is 37.9 Å². The Hall–Kier alpha value is -7.53. The number of aliphatic imine (C=N–C) groups is 2. The SMILES string of the molecule is NCCCCNC(=O)[C@H](CCCCN)NC(=O)/C(=C/CCN=C(N)N)NC(=O)[C@H](CCCCN)NC(=O)[C@H](Cc1cnc[nH]1)NC(=O)[C@@H]1CCCN1C(=O)C(CCCN)=NC(=O)CNC(=O)[C@H](CO)NC(=O)[C@H](CCN)NC(=O)[C@@H](N)CCCCN. The van der Waals surface area contributed by atoms with Crippen molar-refractivity contribution >= 4 is 70.7 Å². The second kappa shape index (κ2) is 43.1. The van der Waals surface area contributed by atoms with E-state index in [0.717, 1.165) is 0 Å². The molecule has 1 aliphatic rings. The maximum Gasteiger partial charge on any atom is 0.269 e. The summed E-state index contributed by atoms with van der Waals surface area (Å²) in [7, 11) is 0. The van der Waals surface area contributed by atoms with Gasteiger partial charge in [-0.25, -0.2) is 9.98 Å². The Bertz CT molecular complexity index is 2390. The molecule has 0 spiro atoms. The van der Waals surface area contributed by atoms with Crippen molar-refractivity contribution in [2.75, 3.05) is 72.1 Å². The van der Waals surface area contributed by atoms with Crippen LogP contribution in [0.5, 0.6) is 0 Å². The van der Waals surface area contributed by atoms with Crippen LogP contribution in [0.4, 0.5) is 0 Å². The third-order valence-electron chi connectivity index (χ3n) is 13.5. The van der Waals surface area contributed by atoms with Crippen molar-refractivity contribution in [3.63, 3.8) is 0 Å². The molecule has 2 rings (SSSR count). The lowest BCUT2D eigenvalue weighted by Crippen LogP contribution is -2.57. The zero-order valence-electron chi connectivity index (χ0n) is 49.3. The molecule has 2 heterocycles. The van der Waals surface area contributed by atoms with Crippen LogP contribution in [0, 0.1) is 0 Å². The fourth-order valence-electron chi connectivity index (χ4n) is 8.78. The quantitative estimate of drug-likeness (QED) is 0.0125. The van der Waals surface area contributed by atoms with Crippen molar-refractivity contribution in [2.24, 2.45) is 61.6 Å². The number of nitrogens with one attached hydrogen (secondary N) is 9. The maximum absolute atomic E-state index is 14.5. The van der Waals surface area contributed by atoms with E-state index in [0.29, 0.717) is 96.1 Å². The summed E-state index contributed by atoms with van der Waals surface area (Å²) < 4.78 is 0. The van der Waals surface area contributed by atoms with E-state index in [1.807, 2.05) is 0 Å². The number of nitrogens with two attached hydrogens (primary N) is 9. The zero-order valence-corrected chi connectivity index (χ0v) is 49.3. The molecule has 0 aliphatic carbocycles. The summed E-state index contributed by atoms with van der Waals surface area (Å²) in [5, 5.41) is 30.7. The molecule has 0 saturated carbocycles. The van der Waals surface area contributed by atoms with Gasteiger partial charge in [-0.2, -0.15) is 0 Å². The van der Waals surface area contributed by atoms with Crippen LogP contribution in [0.15, 0.2) is 34.3 Å². The molecule has 1 aliphatic heterocycles. The number of rotatable bonds is 44. The molecule has 484 valence electrons. The number of hydrogen-bond donors (Lipinski definition) is 19. The van der Waals surface area contributed by atoms with Crippen molar-refractivity contribution in [2.45, 2.75) is 158 Å². The van der Waals surface area contributed by atoms with Gasteiger partial charge in [0.05, 0.1) is 25.5 Å². The molecule has 1 saturated heterocycles. The molecule has 33 heteroatoms. The van der Waals surface area contributed by atoms with E-state index in [-0.39, 0.29) is 101 Å². The van der Waals surface area contributed by atoms with Gasteiger partial charge >= 0.3 is 0 Å². The van der Waals surface area contributed by atoms with Crippen LogP contribution in [-0.2, 0) is 54.4 Å². The lowest BCUT2D eigenvalue weighted by molar-refractivity contribution is -0.136. The highest BCUT2D eigenvalue weighted by Crippen LogP contribution is 2.20. The fourth-order valence-corrected chi connectivity index (χ4v) is 8.78. The number of likely N-dealkylation sites (tertiary alicyclic amines) is 1. The van der Waals surface area contributed by atoms with E-state index in [1.165, 1.54) is 23.5 Å². The van der Waals surface area contributed by atoms with Crippen LogP contribution in [0.25, 0.3) is 0 Å². The highest BCUT2D eigenvalue weighted by Gasteiger charge is 2.39. The first kappa shape index (κ1) is 74.6. The lowest BCUT2D eigenvalue weighted by atomic mass is 10.1. The van der Waals surface area contributed by atoms with Crippen molar-refractivity contribution in [3.8, 4) is 0 Å². The first-order valence-electron chi connectivity index (χ1n) is 29.4. The summed E-state index contributed by atoms with van der Waals surface area (Å²) in [5.74, 6) is -8.20. The highest BCUT2D eigenvalue weighted by molar-refractivity contribution is 6.40. The number of unbranched alkanes of at least 4 members (excludes halogenated alkanes) is 4. The van der Waals surface area contributed by atoms with E-state index < -0.39 is 115 Å². The number of carbonyl (C=O) groups excluding carboxylic acids is 10. The molecule has 33 nitrogen and oxygen atoms in total. The number of aliphatic hydroxyl groups excluding tert-OH is 1. The van der Waals surface area contributed by atoms with Gasteiger partial charge in [0.2, 0.25) is 41.4 Å². The molecule has 7 atom stereocenters. The standard InChI is InChI=1S/C53H96N22O11/c54-19-4-1-12-34(60)44(78)69-38(18-24-59)49(83)74-41(31-76)46(80)66-30-43(77)68-39(15-9-23-58)52(86)75-27-11-17-42(75)51(85)73-40(28-33-29-63-32-67-33)50(84)72-36(14-3-6-21-56)47(81)71-37(16-10-26-65-53(61)62)48(82)70-35(13-2-5-20-55)45(79)64-25-8-7-22-57/h16,29,32,34-36,38,40-42,76H,1-15,17-28,30-31,54-60H2,(H,63,67)(H,64,79)(H,66,80)(H,69,78)(H,70,82)(H,71,81)(H,72,84)(H,73,85)(H,74,83)(H4,61,62,65)/b37-16-,68-39?/t34-,35-,36-,38-,40-,41-,42-/m0/s1. The molecule has 0 aromatic carbocycles. The Labute approximate surface area is 501 Å². The van der Waals surface area contributed by atoms with Crippen LogP contribution < -0.4 is 94.1 Å². The highest BCUT2D eigenvalue weighted by atomic mass is 16.3. The smallest absolute Gasteiger partial charge is 0.269 e. The molecule has 10 amide bonds. The number of H-pyrrole nitrogens is 1. The fraction of sp³-hybridized carbons (Fsp3) is 0.679. The van der Waals surface area contributed by atoms with E-state index in [1.54, 1.807) is 0 Å². The van der Waals surface area contributed by atoms with Gasteiger partial charge in [-0.1, -0.05) is 12.5 Å². The van der Waals surface area contributed by atoms with Gasteiger partial charge in [0.1, 0.15) is 47.7 Å². The Morgan fingerprint density at radius 2 is 1.24 bits per heavy atom. The number of imidazole rings is 1. The third kappa shape index (κ3) is 28.6. The molecule has 0 bridgehead atoms.